The topological polar surface area (TPSA) is 70.5 Å². The SMILES string of the molecule is Cc1ccc(NC(=O)N2CCN(c3ccc(=O)n(-c4ccc(C)c(C)c4)n3)CC2)cc1. The van der Waals surface area contributed by atoms with Crippen LogP contribution in [0.25, 0.3) is 5.69 Å². The fourth-order valence-electron chi connectivity index (χ4n) is 3.59. The van der Waals surface area contributed by atoms with Crippen LogP contribution in [0, 0.1) is 20.8 Å². The smallest absolute Gasteiger partial charge is 0.321 e. The molecule has 1 saturated heterocycles. The number of carbonyl (C=O) groups is 1. The maximum absolute atomic E-state index is 12.6. The highest BCUT2D eigenvalue weighted by molar-refractivity contribution is 5.89. The highest BCUT2D eigenvalue weighted by Gasteiger charge is 2.22. The van der Waals surface area contributed by atoms with Crippen LogP contribution in [0.15, 0.2) is 59.4 Å². The predicted molar refractivity (Wildman–Crippen MR) is 123 cm³/mol. The summed E-state index contributed by atoms with van der Waals surface area (Å²) >= 11 is 0. The molecule has 3 aromatic rings. The lowest BCUT2D eigenvalue weighted by molar-refractivity contribution is 0.208. The summed E-state index contributed by atoms with van der Waals surface area (Å²) in [6.45, 7) is 8.56. The van der Waals surface area contributed by atoms with Crippen LogP contribution in [0.3, 0.4) is 0 Å². The van der Waals surface area contributed by atoms with Crippen LogP contribution in [0.5, 0.6) is 0 Å². The Morgan fingerprint density at radius 1 is 0.871 bits per heavy atom. The van der Waals surface area contributed by atoms with E-state index in [0.717, 1.165) is 28.3 Å². The molecule has 7 nitrogen and oxygen atoms in total. The van der Waals surface area contributed by atoms with E-state index in [1.807, 2.05) is 63.2 Å². The van der Waals surface area contributed by atoms with Gasteiger partial charge in [0.2, 0.25) is 0 Å². The van der Waals surface area contributed by atoms with Gasteiger partial charge in [-0.25, -0.2) is 4.79 Å². The molecular weight excluding hydrogens is 390 g/mol. The lowest BCUT2D eigenvalue weighted by Gasteiger charge is -2.35. The number of nitrogens with one attached hydrogen (secondary N) is 1. The molecule has 0 spiro atoms. The van der Waals surface area contributed by atoms with Crippen LogP contribution in [0.1, 0.15) is 16.7 Å². The number of amides is 2. The van der Waals surface area contributed by atoms with Gasteiger partial charge in [-0.2, -0.15) is 4.68 Å². The second-order valence-corrected chi connectivity index (χ2v) is 7.98. The molecule has 1 aliphatic rings. The zero-order valence-electron chi connectivity index (χ0n) is 18.1. The number of carbonyl (C=O) groups excluding carboxylic acids is 1. The van der Waals surface area contributed by atoms with Gasteiger partial charge in [-0.05, 0) is 62.2 Å². The van der Waals surface area contributed by atoms with Gasteiger partial charge in [-0.15, -0.1) is 5.10 Å². The first-order chi connectivity index (χ1) is 14.9. The molecule has 7 heteroatoms. The summed E-state index contributed by atoms with van der Waals surface area (Å²) in [6.07, 6.45) is 0. The van der Waals surface area contributed by atoms with Crippen molar-refractivity contribution in [1.82, 2.24) is 14.7 Å². The Balaban J connectivity index is 1.44. The van der Waals surface area contributed by atoms with Crippen molar-refractivity contribution in [2.75, 3.05) is 36.4 Å². The third-order valence-corrected chi connectivity index (χ3v) is 5.71. The fourth-order valence-corrected chi connectivity index (χ4v) is 3.59. The van der Waals surface area contributed by atoms with Gasteiger partial charge in [0.1, 0.15) is 5.82 Å². The summed E-state index contributed by atoms with van der Waals surface area (Å²) in [4.78, 5) is 28.9. The van der Waals surface area contributed by atoms with Crippen LogP contribution in [0.4, 0.5) is 16.3 Å². The number of piperazine rings is 1. The number of urea groups is 1. The number of aromatic nitrogens is 2. The highest BCUT2D eigenvalue weighted by Crippen LogP contribution is 2.16. The van der Waals surface area contributed by atoms with Crippen molar-refractivity contribution in [3.05, 3.63) is 81.6 Å². The van der Waals surface area contributed by atoms with Crippen molar-refractivity contribution in [3.63, 3.8) is 0 Å². The summed E-state index contributed by atoms with van der Waals surface area (Å²) in [7, 11) is 0. The number of hydrogen-bond donors (Lipinski definition) is 1. The first-order valence-corrected chi connectivity index (χ1v) is 10.5. The molecule has 0 aliphatic carbocycles. The molecule has 2 amide bonds. The molecule has 0 saturated carbocycles. The van der Waals surface area contributed by atoms with Crippen molar-refractivity contribution >= 4 is 17.5 Å². The van der Waals surface area contributed by atoms with Gasteiger partial charge in [-0.1, -0.05) is 23.8 Å². The fraction of sp³-hybridized carbons (Fsp3) is 0.292. The molecule has 1 aromatic heterocycles. The van der Waals surface area contributed by atoms with Crippen molar-refractivity contribution in [1.29, 1.82) is 0 Å². The molecule has 1 N–H and O–H groups in total. The quantitative estimate of drug-likeness (QED) is 0.708. The van der Waals surface area contributed by atoms with Gasteiger partial charge in [0.15, 0.2) is 0 Å². The Hall–Kier alpha value is -3.61. The van der Waals surface area contributed by atoms with E-state index in [4.69, 9.17) is 0 Å². The second kappa shape index (κ2) is 8.63. The summed E-state index contributed by atoms with van der Waals surface area (Å²) in [5.74, 6) is 0.733. The van der Waals surface area contributed by atoms with Crippen molar-refractivity contribution in [2.45, 2.75) is 20.8 Å². The van der Waals surface area contributed by atoms with E-state index in [1.165, 1.54) is 10.2 Å². The molecule has 0 atom stereocenters. The van der Waals surface area contributed by atoms with E-state index in [0.29, 0.717) is 26.2 Å². The zero-order chi connectivity index (χ0) is 22.0. The number of nitrogens with zero attached hydrogens (tertiary/aromatic N) is 4. The lowest BCUT2D eigenvalue weighted by atomic mass is 10.1. The molecule has 1 fully saturated rings. The zero-order valence-corrected chi connectivity index (χ0v) is 18.1. The minimum Gasteiger partial charge on any atom is -0.352 e. The molecule has 31 heavy (non-hydrogen) atoms. The van der Waals surface area contributed by atoms with E-state index < -0.39 is 0 Å². The maximum Gasteiger partial charge on any atom is 0.321 e. The van der Waals surface area contributed by atoms with E-state index in [1.54, 1.807) is 17.0 Å². The molecule has 0 bridgehead atoms. The average Bonchev–Trinajstić information content (AvgIpc) is 2.78. The molecule has 1 aliphatic heterocycles. The molecule has 4 rings (SSSR count). The standard InChI is InChI=1S/C24H27N5O2/c1-17-4-7-20(8-5-17)25-24(31)28-14-12-27(13-15-28)22-10-11-23(30)29(26-22)21-9-6-18(2)19(3)16-21/h4-11,16H,12-15H2,1-3H3,(H,25,31). The van der Waals surface area contributed by atoms with E-state index in [9.17, 15) is 9.59 Å². The maximum atomic E-state index is 12.6. The normalized spacial score (nSPS) is 13.9. The predicted octanol–water partition coefficient (Wildman–Crippen LogP) is 3.51. The monoisotopic (exact) mass is 417 g/mol. The second-order valence-electron chi connectivity index (χ2n) is 7.98. The molecule has 2 heterocycles. The van der Waals surface area contributed by atoms with Gasteiger partial charge in [-0.3, -0.25) is 4.79 Å². The number of rotatable bonds is 3. The van der Waals surface area contributed by atoms with Crippen LogP contribution >= 0.6 is 0 Å². The van der Waals surface area contributed by atoms with E-state index in [2.05, 4.69) is 15.3 Å². The number of aryl methyl sites for hydroxylation is 3. The van der Waals surface area contributed by atoms with Crippen molar-refractivity contribution in [2.24, 2.45) is 0 Å². The molecule has 2 aromatic carbocycles. The first-order valence-electron chi connectivity index (χ1n) is 10.5. The van der Waals surface area contributed by atoms with Gasteiger partial charge >= 0.3 is 6.03 Å². The molecular formula is C24H27N5O2. The Labute approximate surface area is 181 Å². The summed E-state index contributed by atoms with van der Waals surface area (Å²) < 4.78 is 1.44. The first kappa shape index (κ1) is 20.7. The summed E-state index contributed by atoms with van der Waals surface area (Å²) in [5, 5.41) is 7.54. The van der Waals surface area contributed by atoms with E-state index in [-0.39, 0.29) is 11.6 Å². The lowest BCUT2D eigenvalue weighted by Crippen LogP contribution is -2.50. The van der Waals surface area contributed by atoms with Gasteiger partial charge in [0, 0.05) is 37.9 Å². The average molecular weight is 418 g/mol. The summed E-state index contributed by atoms with van der Waals surface area (Å²) in [6, 6.07) is 16.8. The minimum atomic E-state index is -0.164. The summed E-state index contributed by atoms with van der Waals surface area (Å²) in [5.41, 5.74) is 4.83. The van der Waals surface area contributed by atoms with Crippen LogP contribution < -0.4 is 15.8 Å². The van der Waals surface area contributed by atoms with Gasteiger partial charge in [0.25, 0.3) is 5.56 Å². The minimum absolute atomic E-state index is 0.100. The molecule has 0 unspecified atom stereocenters. The van der Waals surface area contributed by atoms with E-state index >= 15 is 0 Å². The van der Waals surface area contributed by atoms with Gasteiger partial charge < -0.3 is 15.1 Å². The van der Waals surface area contributed by atoms with Crippen molar-refractivity contribution in [3.8, 4) is 5.69 Å². The number of anilines is 2. The Kier molecular flexibility index (Phi) is 5.75. The van der Waals surface area contributed by atoms with Crippen LogP contribution in [0.2, 0.25) is 0 Å². The number of benzene rings is 2. The van der Waals surface area contributed by atoms with Crippen molar-refractivity contribution < 1.29 is 4.79 Å². The highest BCUT2D eigenvalue weighted by atomic mass is 16.2. The molecule has 0 radical (unpaired) electrons. The Morgan fingerprint density at radius 2 is 1.58 bits per heavy atom. The number of hydrogen-bond acceptors (Lipinski definition) is 4. The third-order valence-electron chi connectivity index (χ3n) is 5.71. The third kappa shape index (κ3) is 4.60. The molecule has 160 valence electrons. The Bertz CT molecular complexity index is 1150. The Morgan fingerprint density at radius 3 is 2.26 bits per heavy atom. The van der Waals surface area contributed by atoms with Crippen LogP contribution in [-0.2, 0) is 0 Å². The largest absolute Gasteiger partial charge is 0.352 e. The van der Waals surface area contributed by atoms with Crippen LogP contribution in [-0.4, -0.2) is 46.9 Å². The van der Waals surface area contributed by atoms with Gasteiger partial charge in [0.05, 0.1) is 5.69 Å².